The van der Waals surface area contributed by atoms with Crippen LogP contribution in [0.1, 0.15) is 45.4 Å². The Morgan fingerprint density at radius 2 is 2.13 bits per heavy atom. The van der Waals surface area contributed by atoms with Crippen molar-refractivity contribution < 1.29 is 10.2 Å². The van der Waals surface area contributed by atoms with Crippen molar-refractivity contribution in [2.45, 2.75) is 57.6 Å². The molecular formula is C12H25NO2. The molecule has 3 heteroatoms. The lowest BCUT2D eigenvalue weighted by Gasteiger charge is -2.38. The highest BCUT2D eigenvalue weighted by atomic mass is 16.3. The van der Waals surface area contributed by atoms with Crippen molar-refractivity contribution in [2.75, 3.05) is 19.7 Å². The van der Waals surface area contributed by atoms with Crippen molar-refractivity contribution in [3.8, 4) is 0 Å². The van der Waals surface area contributed by atoms with Gasteiger partial charge < -0.3 is 10.2 Å². The fourth-order valence-electron chi connectivity index (χ4n) is 2.43. The van der Waals surface area contributed by atoms with E-state index in [2.05, 4.69) is 4.90 Å². The van der Waals surface area contributed by atoms with Gasteiger partial charge in [-0.1, -0.05) is 13.3 Å². The predicted molar refractivity (Wildman–Crippen MR) is 61.8 cm³/mol. The summed E-state index contributed by atoms with van der Waals surface area (Å²) in [7, 11) is 0. The number of piperidine rings is 1. The van der Waals surface area contributed by atoms with Crippen LogP contribution in [0.3, 0.4) is 0 Å². The van der Waals surface area contributed by atoms with Gasteiger partial charge in [0.2, 0.25) is 0 Å². The summed E-state index contributed by atoms with van der Waals surface area (Å²) in [6.07, 6.45) is 6.24. The summed E-state index contributed by atoms with van der Waals surface area (Å²) in [5.41, 5.74) is 0. The van der Waals surface area contributed by atoms with E-state index in [9.17, 15) is 5.11 Å². The third-order valence-electron chi connectivity index (χ3n) is 3.38. The first-order valence-electron chi connectivity index (χ1n) is 6.32. The molecular weight excluding hydrogens is 190 g/mol. The molecule has 0 aliphatic carbocycles. The zero-order chi connectivity index (χ0) is 11.1. The van der Waals surface area contributed by atoms with Gasteiger partial charge in [-0.05, 0) is 45.2 Å². The molecule has 1 rings (SSSR count). The standard InChI is InChI=1S/C12H25NO2/c1-2-12(15)11-7-3-4-8-13(11)9-5-6-10-14/h11-12,14-15H,2-10H2,1H3. The fraction of sp³-hybridized carbons (Fsp3) is 1.00. The minimum Gasteiger partial charge on any atom is -0.396 e. The molecule has 0 aromatic rings. The molecule has 0 amide bonds. The normalized spacial score (nSPS) is 25.4. The second-order valence-corrected chi connectivity index (χ2v) is 4.51. The number of unbranched alkanes of at least 4 members (excludes halogenated alkanes) is 1. The van der Waals surface area contributed by atoms with E-state index < -0.39 is 0 Å². The van der Waals surface area contributed by atoms with Crippen LogP contribution in [-0.4, -0.2) is 47.0 Å². The Hall–Kier alpha value is -0.120. The third-order valence-corrected chi connectivity index (χ3v) is 3.38. The van der Waals surface area contributed by atoms with Crippen molar-refractivity contribution in [1.29, 1.82) is 0 Å². The van der Waals surface area contributed by atoms with Crippen LogP contribution in [0.15, 0.2) is 0 Å². The number of hydrogen-bond acceptors (Lipinski definition) is 3. The van der Waals surface area contributed by atoms with Crippen LogP contribution in [0.4, 0.5) is 0 Å². The van der Waals surface area contributed by atoms with Crippen molar-refractivity contribution in [3.05, 3.63) is 0 Å². The number of nitrogens with zero attached hydrogens (tertiary/aromatic N) is 1. The lowest BCUT2D eigenvalue weighted by atomic mass is 9.95. The van der Waals surface area contributed by atoms with E-state index in [4.69, 9.17) is 5.11 Å². The highest BCUT2D eigenvalue weighted by molar-refractivity contribution is 4.82. The number of likely N-dealkylation sites (tertiary alicyclic amines) is 1. The molecule has 0 bridgehead atoms. The SMILES string of the molecule is CCC(O)C1CCCCN1CCCCO. The molecule has 0 aromatic carbocycles. The maximum atomic E-state index is 9.92. The van der Waals surface area contributed by atoms with Crippen LogP contribution in [-0.2, 0) is 0 Å². The molecule has 1 heterocycles. The van der Waals surface area contributed by atoms with Gasteiger partial charge in [0.15, 0.2) is 0 Å². The quantitative estimate of drug-likeness (QED) is 0.658. The maximum Gasteiger partial charge on any atom is 0.0692 e. The molecule has 2 unspecified atom stereocenters. The molecule has 1 aliphatic heterocycles. The van der Waals surface area contributed by atoms with E-state index in [1.54, 1.807) is 0 Å². The Balaban J connectivity index is 2.35. The maximum absolute atomic E-state index is 9.92. The Kier molecular flexibility index (Phi) is 6.22. The van der Waals surface area contributed by atoms with E-state index >= 15 is 0 Å². The summed E-state index contributed by atoms with van der Waals surface area (Å²) < 4.78 is 0. The summed E-state index contributed by atoms with van der Waals surface area (Å²) in [4.78, 5) is 2.41. The lowest BCUT2D eigenvalue weighted by molar-refractivity contribution is 0.0227. The van der Waals surface area contributed by atoms with Gasteiger partial charge in [0, 0.05) is 12.6 Å². The second kappa shape index (κ2) is 7.20. The van der Waals surface area contributed by atoms with Gasteiger partial charge in [0.1, 0.15) is 0 Å². The van der Waals surface area contributed by atoms with Crippen molar-refractivity contribution in [2.24, 2.45) is 0 Å². The molecule has 0 radical (unpaired) electrons. The first kappa shape index (κ1) is 12.9. The third kappa shape index (κ3) is 4.09. The van der Waals surface area contributed by atoms with Crippen LogP contribution in [0.25, 0.3) is 0 Å². The van der Waals surface area contributed by atoms with Crippen molar-refractivity contribution in [3.63, 3.8) is 0 Å². The topological polar surface area (TPSA) is 43.7 Å². The van der Waals surface area contributed by atoms with E-state index in [0.717, 1.165) is 38.8 Å². The summed E-state index contributed by atoms with van der Waals surface area (Å²) in [6.45, 7) is 4.48. The monoisotopic (exact) mass is 215 g/mol. The molecule has 90 valence electrons. The van der Waals surface area contributed by atoms with E-state index in [-0.39, 0.29) is 12.7 Å². The molecule has 3 nitrogen and oxygen atoms in total. The van der Waals surface area contributed by atoms with Gasteiger partial charge in [-0.25, -0.2) is 0 Å². The molecule has 0 aromatic heterocycles. The summed E-state index contributed by atoms with van der Waals surface area (Å²) in [6, 6.07) is 0.363. The number of hydrogen-bond donors (Lipinski definition) is 2. The molecule has 2 atom stereocenters. The second-order valence-electron chi connectivity index (χ2n) is 4.51. The molecule has 0 spiro atoms. The first-order chi connectivity index (χ1) is 7.29. The molecule has 1 fully saturated rings. The van der Waals surface area contributed by atoms with Gasteiger partial charge in [0.05, 0.1) is 6.10 Å². The van der Waals surface area contributed by atoms with Crippen LogP contribution in [0.2, 0.25) is 0 Å². The summed E-state index contributed by atoms with van der Waals surface area (Å²) in [5, 5.41) is 18.7. The predicted octanol–water partition coefficient (Wildman–Crippen LogP) is 1.38. The molecule has 1 aliphatic rings. The van der Waals surface area contributed by atoms with Crippen LogP contribution >= 0.6 is 0 Å². The van der Waals surface area contributed by atoms with Crippen molar-refractivity contribution in [1.82, 2.24) is 4.90 Å². The highest BCUT2D eigenvalue weighted by Gasteiger charge is 2.26. The zero-order valence-corrected chi connectivity index (χ0v) is 9.86. The minimum atomic E-state index is -0.167. The number of rotatable bonds is 6. The smallest absolute Gasteiger partial charge is 0.0692 e. The Morgan fingerprint density at radius 3 is 2.80 bits per heavy atom. The highest BCUT2D eigenvalue weighted by Crippen LogP contribution is 2.21. The van der Waals surface area contributed by atoms with Gasteiger partial charge >= 0.3 is 0 Å². The summed E-state index contributed by atoms with van der Waals surface area (Å²) in [5.74, 6) is 0. The van der Waals surface area contributed by atoms with Gasteiger partial charge in [0.25, 0.3) is 0 Å². The van der Waals surface area contributed by atoms with Crippen LogP contribution in [0, 0.1) is 0 Å². The molecule has 15 heavy (non-hydrogen) atoms. The Morgan fingerprint density at radius 1 is 1.33 bits per heavy atom. The molecule has 1 saturated heterocycles. The summed E-state index contributed by atoms with van der Waals surface area (Å²) >= 11 is 0. The average molecular weight is 215 g/mol. The van der Waals surface area contributed by atoms with E-state index in [1.165, 1.54) is 12.8 Å². The van der Waals surface area contributed by atoms with Gasteiger partial charge in [-0.3, -0.25) is 4.90 Å². The Labute approximate surface area is 93.1 Å². The Bertz CT molecular complexity index is 164. The minimum absolute atomic E-state index is 0.167. The van der Waals surface area contributed by atoms with E-state index in [1.807, 2.05) is 6.92 Å². The first-order valence-corrected chi connectivity index (χ1v) is 6.32. The van der Waals surface area contributed by atoms with E-state index in [0.29, 0.717) is 6.04 Å². The average Bonchev–Trinajstić information content (AvgIpc) is 2.29. The van der Waals surface area contributed by atoms with Gasteiger partial charge in [-0.15, -0.1) is 0 Å². The zero-order valence-electron chi connectivity index (χ0n) is 9.86. The number of aliphatic hydroxyl groups excluding tert-OH is 2. The lowest BCUT2D eigenvalue weighted by Crippen LogP contribution is -2.46. The van der Waals surface area contributed by atoms with Crippen molar-refractivity contribution >= 4 is 0 Å². The van der Waals surface area contributed by atoms with Crippen LogP contribution < -0.4 is 0 Å². The fourth-order valence-corrected chi connectivity index (χ4v) is 2.43. The molecule has 0 saturated carbocycles. The number of aliphatic hydroxyl groups is 2. The van der Waals surface area contributed by atoms with Gasteiger partial charge in [-0.2, -0.15) is 0 Å². The largest absolute Gasteiger partial charge is 0.396 e. The molecule has 2 N–H and O–H groups in total. The van der Waals surface area contributed by atoms with Crippen LogP contribution in [0.5, 0.6) is 0 Å².